The fourth-order valence-electron chi connectivity index (χ4n) is 2.20. The van der Waals surface area contributed by atoms with Gasteiger partial charge >= 0.3 is 0 Å². The van der Waals surface area contributed by atoms with Crippen LogP contribution in [0.5, 0.6) is 11.5 Å². The predicted octanol–water partition coefficient (Wildman–Crippen LogP) is 2.83. The Bertz CT molecular complexity index is 793. The quantitative estimate of drug-likeness (QED) is 0.731. The number of rotatable bonds is 7. The molecule has 0 saturated carbocycles. The second-order valence-electron chi connectivity index (χ2n) is 6.05. The standard InChI is InChI=1S/C20H23FN2O4/c1-13-5-4-6-18(14(13)2)26-12-11-19(24)22-23-20(25)15(3)27-17-9-7-16(21)8-10-17/h4-10,15H,11-12H2,1-3H3,(H,22,24)(H,23,25). The summed E-state index contributed by atoms with van der Waals surface area (Å²) in [7, 11) is 0. The van der Waals surface area contributed by atoms with Gasteiger partial charge in [-0.2, -0.15) is 0 Å². The molecular formula is C20H23FN2O4. The van der Waals surface area contributed by atoms with Crippen molar-refractivity contribution in [2.75, 3.05) is 6.61 Å². The van der Waals surface area contributed by atoms with Gasteiger partial charge in [0, 0.05) is 0 Å². The maximum atomic E-state index is 12.9. The van der Waals surface area contributed by atoms with Crippen LogP contribution in [0.25, 0.3) is 0 Å². The minimum atomic E-state index is -0.859. The average Bonchev–Trinajstić information content (AvgIpc) is 2.65. The third-order valence-electron chi connectivity index (χ3n) is 3.96. The lowest BCUT2D eigenvalue weighted by Crippen LogP contribution is -2.47. The summed E-state index contributed by atoms with van der Waals surface area (Å²) in [5.74, 6) is -0.221. The fourth-order valence-corrected chi connectivity index (χ4v) is 2.20. The average molecular weight is 374 g/mol. The Kier molecular flexibility index (Phi) is 7.16. The second-order valence-corrected chi connectivity index (χ2v) is 6.05. The first kappa shape index (κ1) is 20.2. The van der Waals surface area contributed by atoms with E-state index in [9.17, 15) is 14.0 Å². The number of aryl methyl sites for hydroxylation is 1. The molecule has 2 rings (SSSR count). The van der Waals surface area contributed by atoms with Gasteiger partial charge in [-0.25, -0.2) is 4.39 Å². The molecular weight excluding hydrogens is 351 g/mol. The summed E-state index contributed by atoms with van der Waals surface area (Å²) in [4.78, 5) is 23.8. The molecule has 0 heterocycles. The Balaban J connectivity index is 1.70. The Morgan fingerprint density at radius 2 is 1.78 bits per heavy atom. The number of amides is 2. The lowest BCUT2D eigenvalue weighted by molar-refractivity contribution is -0.132. The summed E-state index contributed by atoms with van der Waals surface area (Å²) in [5.41, 5.74) is 6.74. The van der Waals surface area contributed by atoms with Crippen LogP contribution in [0, 0.1) is 19.7 Å². The van der Waals surface area contributed by atoms with Crippen LogP contribution in [-0.4, -0.2) is 24.5 Å². The molecule has 7 heteroatoms. The summed E-state index contributed by atoms with van der Waals surface area (Å²) in [6.07, 6.45) is -0.775. The van der Waals surface area contributed by atoms with Gasteiger partial charge in [0.25, 0.3) is 5.91 Å². The van der Waals surface area contributed by atoms with Gasteiger partial charge in [-0.1, -0.05) is 12.1 Å². The zero-order valence-corrected chi connectivity index (χ0v) is 15.5. The largest absolute Gasteiger partial charge is 0.493 e. The first-order valence-electron chi connectivity index (χ1n) is 8.56. The highest BCUT2D eigenvalue weighted by molar-refractivity contribution is 5.84. The van der Waals surface area contributed by atoms with Crippen LogP contribution in [0.2, 0.25) is 0 Å². The molecule has 2 amide bonds. The van der Waals surface area contributed by atoms with Gasteiger partial charge in [0.2, 0.25) is 5.91 Å². The number of halogens is 1. The van der Waals surface area contributed by atoms with Crippen molar-refractivity contribution in [2.45, 2.75) is 33.3 Å². The van der Waals surface area contributed by atoms with E-state index in [0.29, 0.717) is 5.75 Å². The summed E-state index contributed by atoms with van der Waals surface area (Å²) in [5, 5.41) is 0. The van der Waals surface area contributed by atoms with E-state index in [0.717, 1.165) is 16.9 Å². The minimum absolute atomic E-state index is 0.0842. The molecule has 0 fully saturated rings. The topological polar surface area (TPSA) is 76.7 Å². The number of hydrogen-bond acceptors (Lipinski definition) is 4. The van der Waals surface area contributed by atoms with Crippen LogP contribution in [-0.2, 0) is 9.59 Å². The normalized spacial score (nSPS) is 11.4. The van der Waals surface area contributed by atoms with E-state index in [-0.39, 0.29) is 18.9 Å². The zero-order valence-electron chi connectivity index (χ0n) is 15.5. The summed E-state index contributed by atoms with van der Waals surface area (Å²) < 4.78 is 23.8. The van der Waals surface area contributed by atoms with Crippen molar-refractivity contribution in [1.82, 2.24) is 10.9 Å². The lowest BCUT2D eigenvalue weighted by atomic mass is 10.1. The fraction of sp³-hybridized carbons (Fsp3) is 0.300. The maximum absolute atomic E-state index is 12.9. The van der Waals surface area contributed by atoms with E-state index < -0.39 is 17.8 Å². The van der Waals surface area contributed by atoms with Gasteiger partial charge in [-0.3, -0.25) is 20.4 Å². The summed E-state index contributed by atoms with van der Waals surface area (Å²) in [6.45, 7) is 5.65. The molecule has 1 atom stereocenters. The predicted molar refractivity (Wildman–Crippen MR) is 98.8 cm³/mol. The molecule has 144 valence electrons. The highest BCUT2D eigenvalue weighted by atomic mass is 19.1. The lowest BCUT2D eigenvalue weighted by Gasteiger charge is -2.15. The molecule has 0 aromatic heterocycles. The Morgan fingerprint density at radius 1 is 1.07 bits per heavy atom. The molecule has 0 aliphatic rings. The number of hydrazine groups is 1. The van der Waals surface area contributed by atoms with Crippen molar-refractivity contribution in [3.63, 3.8) is 0 Å². The Hall–Kier alpha value is -3.09. The Labute approximate surface area is 157 Å². The minimum Gasteiger partial charge on any atom is -0.493 e. The highest BCUT2D eigenvalue weighted by Gasteiger charge is 2.15. The molecule has 0 saturated heterocycles. The van der Waals surface area contributed by atoms with E-state index in [4.69, 9.17) is 9.47 Å². The van der Waals surface area contributed by atoms with E-state index in [2.05, 4.69) is 10.9 Å². The third kappa shape index (κ3) is 6.29. The molecule has 0 aliphatic carbocycles. The molecule has 6 nitrogen and oxygen atoms in total. The summed E-state index contributed by atoms with van der Waals surface area (Å²) >= 11 is 0. The van der Waals surface area contributed by atoms with Gasteiger partial charge in [0.05, 0.1) is 13.0 Å². The monoisotopic (exact) mass is 374 g/mol. The summed E-state index contributed by atoms with van der Waals surface area (Å²) in [6, 6.07) is 11.0. The van der Waals surface area contributed by atoms with Crippen LogP contribution in [0.15, 0.2) is 42.5 Å². The van der Waals surface area contributed by atoms with E-state index >= 15 is 0 Å². The molecule has 2 N–H and O–H groups in total. The van der Waals surface area contributed by atoms with Gasteiger partial charge in [0.1, 0.15) is 17.3 Å². The molecule has 27 heavy (non-hydrogen) atoms. The molecule has 0 aliphatic heterocycles. The third-order valence-corrected chi connectivity index (χ3v) is 3.96. The SMILES string of the molecule is Cc1cccc(OCCC(=O)NNC(=O)C(C)Oc2ccc(F)cc2)c1C. The number of carbonyl (C=O) groups excluding carboxylic acids is 2. The number of nitrogens with one attached hydrogen (secondary N) is 2. The Morgan fingerprint density at radius 3 is 2.48 bits per heavy atom. The van der Waals surface area contributed by atoms with Gasteiger partial charge < -0.3 is 9.47 Å². The van der Waals surface area contributed by atoms with Crippen LogP contribution < -0.4 is 20.3 Å². The first-order valence-corrected chi connectivity index (χ1v) is 8.56. The smallest absolute Gasteiger partial charge is 0.279 e. The van der Waals surface area contributed by atoms with Crippen molar-refractivity contribution < 1.29 is 23.5 Å². The second kappa shape index (κ2) is 9.56. The van der Waals surface area contributed by atoms with Crippen molar-refractivity contribution in [2.24, 2.45) is 0 Å². The molecule has 0 bridgehead atoms. The van der Waals surface area contributed by atoms with Gasteiger partial charge in [-0.15, -0.1) is 0 Å². The van der Waals surface area contributed by atoms with Crippen molar-refractivity contribution in [3.05, 3.63) is 59.4 Å². The van der Waals surface area contributed by atoms with Crippen LogP contribution in [0.4, 0.5) is 4.39 Å². The highest BCUT2D eigenvalue weighted by Crippen LogP contribution is 2.20. The van der Waals surface area contributed by atoms with E-state index in [1.165, 1.54) is 31.2 Å². The zero-order chi connectivity index (χ0) is 19.8. The molecule has 1 unspecified atom stereocenters. The van der Waals surface area contributed by atoms with Gasteiger partial charge in [-0.05, 0) is 62.2 Å². The van der Waals surface area contributed by atoms with Crippen molar-refractivity contribution >= 4 is 11.8 Å². The number of ether oxygens (including phenoxy) is 2. The van der Waals surface area contributed by atoms with E-state index in [1.54, 1.807) is 0 Å². The first-order chi connectivity index (χ1) is 12.9. The number of benzene rings is 2. The molecule has 0 radical (unpaired) electrons. The number of hydrogen-bond donors (Lipinski definition) is 2. The van der Waals surface area contributed by atoms with E-state index in [1.807, 2.05) is 32.0 Å². The van der Waals surface area contributed by atoms with Crippen LogP contribution in [0.1, 0.15) is 24.5 Å². The molecule has 2 aromatic carbocycles. The number of carbonyl (C=O) groups is 2. The van der Waals surface area contributed by atoms with Gasteiger partial charge in [0.15, 0.2) is 6.10 Å². The maximum Gasteiger partial charge on any atom is 0.279 e. The molecule has 2 aromatic rings. The molecule has 0 spiro atoms. The van der Waals surface area contributed by atoms with Crippen molar-refractivity contribution in [1.29, 1.82) is 0 Å². The van der Waals surface area contributed by atoms with Crippen LogP contribution >= 0.6 is 0 Å². The van der Waals surface area contributed by atoms with Crippen molar-refractivity contribution in [3.8, 4) is 11.5 Å². The van der Waals surface area contributed by atoms with Crippen LogP contribution in [0.3, 0.4) is 0 Å².